The minimum Gasteiger partial charge on any atom is -0.377 e. The van der Waals surface area contributed by atoms with Gasteiger partial charge in [0.1, 0.15) is 6.29 Å². The van der Waals surface area contributed by atoms with Crippen LogP contribution < -0.4 is 20.0 Å². The number of aldehydes is 1. The Morgan fingerprint density at radius 3 is 2.30 bits per heavy atom. The van der Waals surface area contributed by atoms with Crippen LogP contribution in [0.3, 0.4) is 0 Å². The largest absolute Gasteiger partial charge is 0.405 e. The van der Waals surface area contributed by atoms with Gasteiger partial charge in [0.15, 0.2) is 0 Å². The molecule has 0 aliphatic rings. The Kier molecular flexibility index (Phi) is 15.1. The van der Waals surface area contributed by atoms with Crippen LogP contribution in [0.25, 0.3) is 16.5 Å². The SMILES string of the molecule is C=N/C(=C\SCNC)c1cccc(NS(=O)(=O)c2cccc3c(N(C)C)cccc23)c1.CCOP(=O)(NCC=O)OCC. The lowest BCUT2D eigenvalue weighted by molar-refractivity contribution is -0.107. The molecule has 0 spiro atoms. The van der Waals surface area contributed by atoms with Crippen LogP contribution in [0.5, 0.6) is 0 Å². The lowest BCUT2D eigenvalue weighted by atomic mass is 10.1. The third-order valence-corrected chi connectivity index (χ3v) is 9.65. The number of thioether (sulfide) groups is 1. The summed E-state index contributed by atoms with van der Waals surface area (Å²) in [5.74, 6) is 0.737. The van der Waals surface area contributed by atoms with Crippen LogP contribution in [0.4, 0.5) is 11.4 Å². The summed E-state index contributed by atoms with van der Waals surface area (Å²) >= 11 is 1.55. The van der Waals surface area contributed by atoms with E-state index in [9.17, 15) is 17.8 Å². The molecule has 0 aliphatic heterocycles. The zero-order chi connectivity index (χ0) is 31.9. The number of anilines is 2. The van der Waals surface area contributed by atoms with Crippen molar-refractivity contribution in [1.29, 1.82) is 0 Å². The molecule has 3 aromatic carbocycles. The molecule has 0 heterocycles. The Morgan fingerprint density at radius 1 is 1.05 bits per heavy atom. The zero-order valence-corrected chi connectivity index (χ0v) is 27.6. The third-order valence-electron chi connectivity index (χ3n) is 5.60. The molecule has 3 N–H and O–H groups in total. The molecule has 0 saturated carbocycles. The Balaban J connectivity index is 0.000000455. The van der Waals surface area contributed by atoms with Gasteiger partial charge in [-0.05, 0) is 57.3 Å². The van der Waals surface area contributed by atoms with Crippen molar-refractivity contribution in [1.82, 2.24) is 10.4 Å². The average Bonchev–Trinajstić information content (AvgIpc) is 2.98. The van der Waals surface area contributed by atoms with E-state index in [2.05, 4.69) is 26.8 Å². The standard InChI is InChI=1S/C23H26N4O2S2.C6H14NO4P/c1-24-16-30-15-21(25-2)17-8-5-9-18(14-17)26-31(28,29)23-13-7-10-19-20(23)11-6-12-22(19)27(3)4;1-3-10-12(9,11-4-2)7-5-6-8/h5-15,24,26H,2,16H2,1,3-4H3;6H,3-5H2,1-2H3,(H,7,9)/b21-15-;. The van der Waals surface area contributed by atoms with Crippen LogP contribution in [0, 0.1) is 0 Å². The number of carbonyl (C=O) groups excluding carboxylic acids is 1. The second kappa shape index (κ2) is 17.9. The molecule has 0 aliphatic carbocycles. The van der Waals surface area contributed by atoms with E-state index in [4.69, 9.17) is 9.05 Å². The van der Waals surface area contributed by atoms with Gasteiger partial charge >= 0.3 is 7.75 Å². The van der Waals surface area contributed by atoms with Gasteiger partial charge in [0.05, 0.1) is 30.4 Å². The van der Waals surface area contributed by atoms with Crippen molar-refractivity contribution in [3.8, 4) is 0 Å². The van der Waals surface area contributed by atoms with E-state index in [0.29, 0.717) is 23.1 Å². The highest BCUT2D eigenvalue weighted by molar-refractivity contribution is 8.02. The molecule has 3 rings (SSSR count). The molecule has 0 saturated heterocycles. The molecule has 0 unspecified atom stereocenters. The van der Waals surface area contributed by atoms with Crippen molar-refractivity contribution in [2.24, 2.45) is 4.99 Å². The molecule has 0 fully saturated rings. The van der Waals surface area contributed by atoms with E-state index in [1.807, 2.05) is 61.8 Å². The number of carbonyl (C=O) groups is 1. The van der Waals surface area contributed by atoms with Crippen molar-refractivity contribution in [3.63, 3.8) is 0 Å². The summed E-state index contributed by atoms with van der Waals surface area (Å²) in [7, 11) is -1.28. The van der Waals surface area contributed by atoms with Gasteiger partial charge in [-0.3, -0.25) is 18.8 Å². The summed E-state index contributed by atoms with van der Waals surface area (Å²) in [4.78, 5) is 16.2. The Bertz CT molecular complexity index is 1540. The number of fused-ring (bicyclic) bond motifs is 1. The molecule has 14 heteroatoms. The Morgan fingerprint density at radius 2 is 1.70 bits per heavy atom. The Hall–Kier alpha value is -3.03. The number of benzene rings is 3. The van der Waals surface area contributed by atoms with Crippen molar-refractivity contribution in [3.05, 3.63) is 71.6 Å². The van der Waals surface area contributed by atoms with Crippen LogP contribution in [0.2, 0.25) is 0 Å². The van der Waals surface area contributed by atoms with Crippen LogP contribution in [-0.2, 0) is 28.4 Å². The smallest absolute Gasteiger partial charge is 0.377 e. The minimum atomic E-state index is -3.80. The van der Waals surface area contributed by atoms with E-state index in [1.54, 1.807) is 55.9 Å². The molecule has 0 radical (unpaired) electrons. The van der Waals surface area contributed by atoms with Gasteiger partial charge in [-0.2, -0.15) is 0 Å². The first-order valence-electron chi connectivity index (χ1n) is 13.4. The maximum atomic E-state index is 13.3. The Labute approximate surface area is 258 Å². The van der Waals surface area contributed by atoms with Crippen LogP contribution in [0.1, 0.15) is 19.4 Å². The highest BCUT2D eigenvalue weighted by Crippen LogP contribution is 2.42. The van der Waals surface area contributed by atoms with E-state index in [-0.39, 0.29) is 24.7 Å². The molecule has 3 aromatic rings. The number of nitrogens with zero attached hydrogens (tertiary/aromatic N) is 2. The van der Waals surface area contributed by atoms with Crippen molar-refractivity contribution < 1.29 is 26.8 Å². The first kappa shape index (κ1) is 36.2. The van der Waals surface area contributed by atoms with Crippen LogP contribution >= 0.6 is 19.5 Å². The fourth-order valence-corrected chi connectivity index (χ4v) is 6.99. The predicted molar refractivity (Wildman–Crippen MR) is 179 cm³/mol. The summed E-state index contributed by atoms with van der Waals surface area (Å²) in [6.45, 7) is 7.57. The summed E-state index contributed by atoms with van der Waals surface area (Å²) in [5.41, 5.74) is 2.89. The first-order chi connectivity index (χ1) is 20.6. The zero-order valence-electron chi connectivity index (χ0n) is 25.1. The summed E-state index contributed by atoms with van der Waals surface area (Å²) in [6, 6.07) is 18.1. The molecule has 0 amide bonds. The van der Waals surface area contributed by atoms with Crippen molar-refractivity contribution >= 4 is 70.4 Å². The summed E-state index contributed by atoms with van der Waals surface area (Å²) in [5, 5.41) is 8.89. The highest BCUT2D eigenvalue weighted by atomic mass is 32.2. The predicted octanol–water partition coefficient (Wildman–Crippen LogP) is 5.57. The molecule has 0 atom stereocenters. The average molecular weight is 650 g/mol. The normalized spacial score (nSPS) is 11.9. The third kappa shape index (κ3) is 10.9. The second-order valence-corrected chi connectivity index (χ2v) is 13.2. The maximum Gasteiger partial charge on any atom is 0.405 e. The van der Waals surface area contributed by atoms with E-state index in [0.717, 1.165) is 22.5 Å². The lowest BCUT2D eigenvalue weighted by Crippen LogP contribution is -2.16. The number of nitrogens with one attached hydrogen (secondary N) is 3. The van der Waals surface area contributed by atoms with Crippen LogP contribution in [0.15, 0.2) is 76.0 Å². The van der Waals surface area contributed by atoms with Gasteiger partial charge in [-0.25, -0.2) is 18.1 Å². The monoisotopic (exact) mass is 649 g/mol. The number of hydrogen-bond donors (Lipinski definition) is 3. The van der Waals surface area contributed by atoms with E-state index in [1.165, 1.54) is 0 Å². The van der Waals surface area contributed by atoms with Gasteiger partial charge in [0.2, 0.25) is 0 Å². The number of aliphatic imine (C=N–C) groups is 1. The van der Waals surface area contributed by atoms with Gasteiger partial charge in [0, 0.05) is 47.7 Å². The van der Waals surface area contributed by atoms with Crippen molar-refractivity contribution in [2.75, 3.05) is 56.4 Å². The fraction of sp³-hybridized carbons (Fsp3) is 0.310. The van der Waals surface area contributed by atoms with Gasteiger partial charge in [0.25, 0.3) is 10.0 Å². The fourth-order valence-electron chi connectivity index (χ4n) is 3.86. The maximum absolute atomic E-state index is 13.3. The number of sulfonamides is 1. The molecule has 0 bridgehead atoms. The van der Waals surface area contributed by atoms with E-state index >= 15 is 0 Å². The molecule has 11 nitrogen and oxygen atoms in total. The molecule has 43 heavy (non-hydrogen) atoms. The van der Waals surface area contributed by atoms with Crippen LogP contribution in [-0.4, -0.2) is 68.2 Å². The topological polar surface area (TPSA) is 138 Å². The van der Waals surface area contributed by atoms with Gasteiger partial charge < -0.3 is 15.0 Å². The quantitative estimate of drug-likeness (QED) is 0.0594. The molecular formula is C29H40N5O6PS2. The number of hydrogen-bond acceptors (Lipinski definition) is 10. The van der Waals surface area contributed by atoms with Gasteiger partial charge in [-0.1, -0.05) is 36.4 Å². The first-order valence-corrected chi connectivity index (χ1v) is 17.5. The second-order valence-electron chi connectivity index (χ2n) is 8.90. The van der Waals surface area contributed by atoms with Crippen molar-refractivity contribution in [2.45, 2.75) is 18.7 Å². The highest BCUT2D eigenvalue weighted by Gasteiger charge is 2.22. The molecule has 0 aromatic heterocycles. The summed E-state index contributed by atoms with van der Waals surface area (Å²) < 4.78 is 50.4. The number of rotatable bonds is 16. The minimum absolute atomic E-state index is 0.0305. The van der Waals surface area contributed by atoms with Gasteiger partial charge in [-0.15, -0.1) is 11.8 Å². The molecular weight excluding hydrogens is 609 g/mol. The van der Waals surface area contributed by atoms with E-state index < -0.39 is 17.8 Å². The molecule has 234 valence electrons. The lowest BCUT2D eigenvalue weighted by Gasteiger charge is -2.17. The summed E-state index contributed by atoms with van der Waals surface area (Å²) in [6.07, 6.45) is 0.602.